The fraction of sp³-hybridized carbons (Fsp3) is 0.700. The van der Waals surface area contributed by atoms with Crippen LogP contribution < -0.4 is 0 Å². The van der Waals surface area contributed by atoms with Crippen molar-refractivity contribution in [3.05, 3.63) is 12.4 Å². The second kappa shape index (κ2) is 5.79. The summed E-state index contributed by atoms with van der Waals surface area (Å²) in [6.07, 6.45) is 3.46. The summed E-state index contributed by atoms with van der Waals surface area (Å²) in [5.74, 6) is 0. The highest BCUT2D eigenvalue weighted by atomic mass is 32.2. The van der Waals surface area contributed by atoms with E-state index in [-0.39, 0.29) is 11.5 Å². The standard InChI is InChI=1S/C10H17N3O4S/c14-5-3-12-9-10(8-11-12)18(15,16)13-2-1-6-17-7-4-13/h8-9,14H,1-7H2. The molecule has 0 saturated carbocycles. The molecular formula is C10H17N3O4S. The van der Waals surface area contributed by atoms with Crippen LogP contribution in [0.1, 0.15) is 6.42 Å². The monoisotopic (exact) mass is 275 g/mol. The van der Waals surface area contributed by atoms with E-state index in [2.05, 4.69) is 5.10 Å². The molecule has 1 saturated heterocycles. The fourth-order valence-electron chi connectivity index (χ4n) is 1.82. The number of nitrogens with zero attached hydrogens (tertiary/aromatic N) is 3. The van der Waals surface area contributed by atoms with Crippen LogP contribution in [0.3, 0.4) is 0 Å². The zero-order chi connectivity index (χ0) is 13.0. The van der Waals surface area contributed by atoms with Crippen molar-refractivity contribution in [2.24, 2.45) is 0 Å². The highest BCUT2D eigenvalue weighted by Crippen LogP contribution is 2.16. The minimum atomic E-state index is -3.49. The lowest BCUT2D eigenvalue weighted by atomic mass is 10.5. The molecule has 8 heteroatoms. The molecule has 0 radical (unpaired) electrons. The Morgan fingerprint density at radius 2 is 2.22 bits per heavy atom. The number of hydrogen-bond donors (Lipinski definition) is 1. The average Bonchev–Trinajstić information content (AvgIpc) is 2.65. The van der Waals surface area contributed by atoms with Crippen LogP contribution in [-0.2, 0) is 21.3 Å². The topological polar surface area (TPSA) is 84.7 Å². The Kier molecular flexibility index (Phi) is 4.33. The Labute approximate surface area is 106 Å². The third-order valence-electron chi connectivity index (χ3n) is 2.76. The first-order valence-electron chi connectivity index (χ1n) is 5.86. The molecule has 2 heterocycles. The van der Waals surface area contributed by atoms with Gasteiger partial charge in [0.2, 0.25) is 10.0 Å². The van der Waals surface area contributed by atoms with E-state index in [9.17, 15) is 8.42 Å². The van der Waals surface area contributed by atoms with Crippen molar-refractivity contribution in [1.29, 1.82) is 0 Å². The van der Waals surface area contributed by atoms with E-state index in [0.717, 1.165) is 0 Å². The highest BCUT2D eigenvalue weighted by molar-refractivity contribution is 7.89. The molecule has 1 aliphatic rings. The van der Waals surface area contributed by atoms with Gasteiger partial charge in [0.1, 0.15) is 4.90 Å². The molecule has 0 aromatic carbocycles. The van der Waals surface area contributed by atoms with Gasteiger partial charge in [-0.05, 0) is 6.42 Å². The Balaban J connectivity index is 2.17. The van der Waals surface area contributed by atoms with Crippen LogP contribution in [0, 0.1) is 0 Å². The molecule has 18 heavy (non-hydrogen) atoms. The number of ether oxygens (including phenoxy) is 1. The third kappa shape index (κ3) is 2.89. The molecule has 0 unspecified atom stereocenters. The van der Waals surface area contributed by atoms with Crippen molar-refractivity contribution in [2.45, 2.75) is 17.9 Å². The predicted molar refractivity (Wildman–Crippen MR) is 63.5 cm³/mol. The number of aliphatic hydroxyl groups excluding tert-OH is 1. The Morgan fingerprint density at radius 3 is 3.00 bits per heavy atom. The van der Waals surface area contributed by atoms with Gasteiger partial charge >= 0.3 is 0 Å². The second-order valence-electron chi connectivity index (χ2n) is 4.03. The van der Waals surface area contributed by atoms with Crippen molar-refractivity contribution >= 4 is 10.0 Å². The molecule has 2 rings (SSSR count). The maximum atomic E-state index is 12.3. The van der Waals surface area contributed by atoms with Crippen LogP contribution in [0.25, 0.3) is 0 Å². The molecule has 1 aliphatic heterocycles. The molecular weight excluding hydrogens is 258 g/mol. The van der Waals surface area contributed by atoms with Gasteiger partial charge in [-0.1, -0.05) is 0 Å². The third-order valence-corrected chi connectivity index (χ3v) is 4.61. The van der Waals surface area contributed by atoms with Gasteiger partial charge in [-0.3, -0.25) is 4.68 Å². The van der Waals surface area contributed by atoms with Crippen LogP contribution >= 0.6 is 0 Å². The minimum absolute atomic E-state index is 0.0707. The van der Waals surface area contributed by atoms with Gasteiger partial charge in [-0.25, -0.2) is 8.42 Å². The van der Waals surface area contributed by atoms with E-state index in [1.54, 1.807) is 0 Å². The van der Waals surface area contributed by atoms with Crippen molar-refractivity contribution in [3.63, 3.8) is 0 Å². The van der Waals surface area contributed by atoms with Gasteiger partial charge in [0.05, 0.1) is 26.0 Å². The maximum Gasteiger partial charge on any atom is 0.246 e. The van der Waals surface area contributed by atoms with Crippen LogP contribution in [0.5, 0.6) is 0 Å². The zero-order valence-corrected chi connectivity index (χ0v) is 10.8. The van der Waals surface area contributed by atoms with Gasteiger partial charge in [-0.2, -0.15) is 9.40 Å². The Bertz CT molecular complexity index is 477. The van der Waals surface area contributed by atoms with Gasteiger partial charge in [-0.15, -0.1) is 0 Å². The second-order valence-corrected chi connectivity index (χ2v) is 5.97. The molecule has 0 spiro atoms. The van der Waals surface area contributed by atoms with Crippen molar-refractivity contribution < 1.29 is 18.3 Å². The number of rotatable bonds is 4. The first-order valence-corrected chi connectivity index (χ1v) is 7.30. The normalized spacial score (nSPS) is 18.7. The molecule has 0 amide bonds. The summed E-state index contributed by atoms with van der Waals surface area (Å²) < 4.78 is 32.7. The summed E-state index contributed by atoms with van der Waals surface area (Å²) in [6, 6.07) is 0. The van der Waals surface area contributed by atoms with Gasteiger partial charge in [0.25, 0.3) is 0 Å². The summed E-state index contributed by atoms with van der Waals surface area (Å²) in [7, 11) is -3.49. The van der Waals surface area contributed by atoms with Gasteiger partial charge < -0.3 is 9.84 Å². The number of hydrogen-bond acceptors (Lipinski definition) is 5. The summed E-state index contributed by atoms with van der Waals surface area (Å²) in [4.78, 5) is 0.165. The largest absolute Gasteiger partial charge is 0.394 e. The van der Waals surface area contributed by atoms with E-state index in [4.69, 9.17) is 9.84 Å². The van der Waals surface area contributed by atoms with Gasteiger partial charge in [0, 0.05) is 25.9 Å². The van der Waals surface area contributed by atoms with E-state index >= 15 is 0 Å². The quantitative estimate of drug-likeness (QED) is 0.784. The molecule has 1 N–H and O–H groups in total. The molecule has 0 atom stereocenters. The molecule has 1 aromatic heterocycles. The van der Waals surface area contributed by atoms with Crippen molar-refractivity contribution in [2.75, 3.05) is 32.9 Å². The fourth-order valence-corrected chi connectivity index (χ4v) is 3.23. The average molecular weight is 275 g/mol. The molecule has 0 aliphatic carbocycles. The van der Waals surface area contributed by atoms with Crippen molar-refractivity contribution in [1.82, 2.24) is 14.1 Å². The predicted octanol–water partition coefficient (Wildman–Crippen LogP) is -0.714. The molecule has 1 aromatic rings. The highest BCUT2D eigenvalue weighted by Gasteiger charge is 2.26. The van der Waals surface area contributed by atoms with Crippen LogP contribution in [0.2, 0.25) is 0 Å². The summed E-state index contributed by atoms with van der Waals surface area (Å²) in [6.45, 7) is 2.07. The SMILES string of the molecule is O=S(=O)(c1cnn(CCO)c1)N1CCCOCC1. The van der Waals surface area contributed by atoms with Crippen LogP contribution in [-0.4, -0.2) is 60.5 Å². The zero-order valence-electron chi connectivity index (χ0n) is 10.0. The Morgan fingerprint density at radius 1 is 1.39 bits per heavy atom. The summed E-state index contributed by atoms with van der Waals surface area (Å²) in [5.41, 5.74) is 0. The first kappa shape index (κ1) is 13.5. The Hall–Kier alpha value is -0.960. The molecule has 1 fully saturated rings. The molecule has 102 valence electrons. The maximum absolute atomic E-state index is 12.3. The molecule has 7 nitrogen and oxygen atoms in total. The lowest BCUT2D eigenvalue weighted by molar-refractivity contribution is 0.148. The van der Waals surface area contributed by atoms with Crippen LogP contribution in [0.4, 0.5) is 0 Å². The van der Waals surface area contributed by atoms with E-state index in [1.165, 1.54) is 21.4 Å². The number of sulfonamides is 1. The van der Waals surface area contributed by atoms with E-state index in [0.29, 0.717) is 39.3 Å². The smallest absolute Gasteiger partial charge is 0.246 e. The number of aliphatic hydroxyl groups is 1. The summed E-state index contributed by atoms with van der Waals surface area (Å²) in [5, 5.41) is 12.7. The first-order chi connectivity index (χ1) is 8.64. The van der Waals surface area contributed by atoms with Crippen LogP contribution in [0.15, 0.2) is 17.3 Å². The molecule has 0 bridgehead atoms. The van der Waals surface area contributed by atoms with E-state index in [1.807, 2.05) is 0 Å². The van der Waals surface area contributed by atoms with Gasteiger partial charge in [0.15, 0.2) is 0 Å². The lowest BCUT2D eigenvalue weighted by Gasteiger charge is -2.17. The lowest BCUT2D eigenvalue weighted by Crippen LogP contribution is -2.33. The van der Waals surface area contributed by atoms with E-state index < -0.39 is 10.0 Å². The van der Waals surface area contributed by atoms with Crippen molar-refractivity contribution in [3.8, 4) is 0 Å². The number of aromatic nitrogens is 2. The minimum Gasteiger partial charge on any atom is -0.394 e. The summed E-state index contributed by atoms with van der Waals surface area (Å²) >= 11 is 0.